The van der Waals surface area contributed by atoms with Gasteiger partial charge in [-0.25, -0.2) is 4.98 Å². The molecule has 0 radical (unpaired) electrons. The molecular weight excluding hydrogens is 478 g/mol. The Morgan fingerprint density at radius 2 is 2.08 bits per heavy atom. The second kappa shape index (κ2) is 11.3. The Balaban J connectivity index is 1.50. The Hall–Kier alpha value is -3.74. The molecule has 1 saturated heterocycles. The minimum Gasteiger partial charge on any atom is -0.469 e. The number of aromatic nitrogens is 2. The third kappa shape index (κ3) is 5.57. The van der Waals surface area contributed by atoms with Crippen LogP contribution < -0.4 is 20.3 Å². The summed E-state index contributed by atoms with van der Waals surface area (Å²) in [5.41, 5.74) is 2.05. The van der Waals surface area contributed by atoms with Crippen molar-refractivity contribution in [1.29, 1.82) is 5.26 Å². The number of anilines is 1. The molecule has 3 heterocycles. The number of hydrogen-bond donors (Lipinski definition) is 2. The van der Waals surface area contributed by atoms with Crippen molar-refractivity contribution >= 4 is 22.5 Å². The molecule has 3 atom stereocenters. The fraction of sp³-hybridized carbons (Fsp3) is 0.448. The number of piperazine rings is 1. The summed E-state index contributed by atoms with van der Waals surface area (Å²) in [4.78, 5) is 26.9. The molecule has 5 rings (SSSR count). The van der Waals surface area contributed by atoms with Gasteiger partial charge in [-0.2, -0.15) is 10.2 Å². The summed E-state index contributed by atoms with van der Waals surface area (Å²) in [7, 11) is 3.94. The molecule has 9 heteroatoms. The molecule has 0 spiro atoms. The topological polar surface area (TPSA) is 106 Å². The van der Waals surface area contributed by atoms with Crippen LogP contribution in [0.5, 0.6) is 5.88 Å². The van der Waals surface area contributed by atoms with Crippen LogP contribution in [0, 0.1) is 11.3 Å². The third-order valence-electron chi connectivity index (χ3n) is 7.14. The van der Waals surface area contributed by atoms with E-state index in [1.165, 1.54) is 5.39 Å². The predicted molar refractivity (Wildman–Crippen MR) is 147 cm³/mol. The van der Waals surface area contributed by atoms with Crippen molar-refractivity contribution in [2.24, 2.45) is 0 Å². The normalized spacial score (nSPS) is 19.9. The zero-order chi connectivity index (χ0) is 26.6. The van der Waals surface area contributed by atoms with Crippen LogP contribution in [0.3, 0.4) is 0 Å². The lowest BCUT2D eigenvalue weighted by Crippen LogP contribution is -2.51. The number of nitrogens with zero attached hydrogens (tertiary/aromatic N) is 5. The first-order chi connectivity index (χ1) is 18.4. The molecule has 2 aliphatic heterocycles. The van der Waals surface area contributed by atoms with Crippen LogP contribution in [-0.2, 0) is 6.42 Å². The van der Waals surface area contributed by atoms with E-state index in [9.17, 15) is 10.1 Å². The molecule has 9 nitrogen and oxygen atoms in total. The maximum Gasteiger partial charge on any atom is 0.289 e. The van der Waals surface area contributed by atoms with E-state index in [1.54, 1.807) is 0 Å². The fourth-order valence-corrected chi connectivity index (χ4v) is 5.50. The van der Waals surface area contributed by atoms with Gasteiger partial charge in [-0.05, 0) is 44.6 Å². The average molecular weight is 514 g/mol. The lowest BCUT2D eigenvalue weighted by Gasteiger charge is -2.36. The highest BCUT2D eigenvalue weighted by molar-refractivity contribution is 5.91. The van der Waals surface area contributed by atoms with Crippen LogP contribution in [0.2, 0.25) is 0 Å². The number of carbonyl (C=O) groups is 1. The van der Waals surface area contributed by atoms with E-state index in [2.05, 4.69) is 56.9 Å². The lowest BCUT2D eigenvalue weighted by atomic mass is 9.94. The molecule has 1 fully saturated rings. The Morgan fingerprint density at radius 1 is 1.26 bits per heavy atom. The zero-order valence-electron chi connectivity index (χ0n) is 22.3. The van der Waals surface area contributed by atoms with E-state index in [-0.39, 0.29) is 29.9 Å². The van der Waals surface area contributed by atoms with Crippen molar-refractivity contribution in [3.05, 3.63) is 59.4 Å². The summed E-state index contributed by atoms with van der Waals surface area (Å²) in [5, 5.41) is 18.0. The molecule has 2 aliphatic rings. The van der Waals surface area contributed by atoms with Gasteiger partial charge >= 0.3 is 0 Å². The van der Waals surface area contributed by atoms with Crippen molar-refractivity contribution in [1.82, 2.24) is 25.5 Å². The molecule has 0 aliphatic carbocycles. The molecular formula is C29H35N7O2. The summed E-state index contributed by atoms with van der Waals surface area (Å²) < 4.78 is 6.56. The van der Waals surface area contributed by atoms with Gasteiger partial charge in [0, 0.05) is 43.8 Å². The van der Waals surface area contributed by atoms with E-state index in [0.29, 0.717) is 25.4 Å². The molecule has 0 bridgehead atoms. The van der Waals surface area contributed by atoms with E-state index in [4.69, 9.17) is 9.72 Å². The minimum atomic E-state index is -0.317. The van der Waals surface area contributed by atoms with E-state index in [1.807, 2.05) is 38.1 Å². The van der Waals surface area contributed by atoms with Gasteiger partial charge in [0.2, 0.25) is 11.7 Å². The number of ether oxygens (including phenoxy) is 1. The molecule has 2 N–H and O–H groups in total. The number of rotatable bonds is 7. The van der Waals surface area contributed by atoms with Crippen LogP contribution in [0.4, 0.5) is 5.82 Å². The number of likely N-dealkylation sites (N-methyl/N-ethyl adjacent to an activating group) is 1. The maximum absolute atomic E-state index is 13.3. The van der Waals surface area contributed by atoms with Crippen LogP contribution in [0.15, 0.2) is 42.5 Å². The number of carbonyl (C=O) groups excluding carboxylic acids is 1. The summed E-state index contributed by atoms with van der Waals surface area (Å²) in [6, 6.07) is 16.8. The van der Waals surface area contributed by atoms with Crippen molar-refractivity contribution in [2.75, 3.05) is 45.2 Å². The van der Waals surface area contributed by atoms with Gasteiger partial charge in [0.1, 0.15) is 11.9 Å². The van der Waals surface area contributed by atoms with Gasteiger partial charge in [-0.15, -0.1) is 0 Å². The van der Waals surface area contributed by atoms with Crippen molar-refractivity contribution in [2.45, 2.75) is 44.4 Å². The first-order valence-electron chi connectivity index (χ1n) is 13.3. The first kappa shape index (κ1) is 25.9. The molecule has 198 valence electrons. The van der Waals surface area contributed by atoms with E-state index < -0.39 is 0 Å². The molecule has 38 heavy (non-hydrogen) atoms. The van der Waals surface area contributed by atoms with Crippen molar-refractivity contribution in [3.8, 4) is 11.9 Å². The standard InChI is InChI=1S/C29H35N7O2/c1-19(17-35(2)3)32-28(37)26-33-27(36-16-15-31-21(18-36)13-14-30)24-11-12-25(38-29(24)34-26)23-10-6-8-20-7-4-5-9-22(20)23/h4-10,19,21,25,31H,11-13,15-18H2,1-3H3,(H,32,37)/t19-,21+,25?/m1/s1. The average Bonchev–Trinajstić information content (AvgIpc) is 2.91. The predicted octanol–water partition coefficient (Wildman–Crippen LogP) is 3.07. The highest BCUT2D eigenvalue weighted by atomic mass is 16.5. The van der Waals surface area contributed by atoms with Gasteiger partial charge in [-0.1, -0.05) is 42.5 Å². The molecule has 1 amide bonds. The fourth-order valence-electron chi connectivity index (χ4n) is 5.50. The largest absolute Gasteiger partial charge is 0.469 e. The number of nitriles is 1. The van der Waals surface area contributed by atoms with Crippen molar-refractivity contribution in [3.63, 3.8) is 0 Å². The van der Waals surface area contributed by atoms with Gasteiger partial charge in [0.15, 0.2) is 0 Å². The Bertz CT molecular complexity index is 1350. The number of hydrogen-bond acceptors (Lipinski definition) is 8. The Kier molecular flexibility index (Phi) is 7.72. The zero-order valence-corrected chi connectivity index (χ0v) is 22.3. The van der Waals surface area contributed by atoms with Gasteiger partial charge in [0.05, 0.1) is 18.1 Å². The first-order valence-corrected chi connectivity index (χ1v) is 13.3. The second-order valence-corrected chi connectivity index (χ2v) is 10.5. The van der Waals surface area contributed by atoms with Gasteiger partial charge < -0.3 is 25.2 Å². The Morgan fingerprint density at radius 3 is 2.89 bits per heavy atom. The molecule has 0 saturated carbocycles. The van der Waals surface area contributed by atoms with Crippen LogP contribution >= 0.6 is 0 Å². The number of benzene rings is 2. The number of nitrogens with one attached hydrogen (secondary N) is 2. The quantitative estimate of drug-likeness (QED) is 0.497. The lowest BCUT2D eigenvalue weighted by molar-refractivity contribution is 0.0919. The smallest absolute Gasteiger partial charge is 0.289 e. The maximum atomic E-state index is 13.3. The summed E-state index contributed by atoms with van der Waals surface area (Å²) in [6.07, 6.45) is 1.77. The highest BCUT2D eigenvalue weighted by Gasteiger charge is 2.32. The number of fused-ring (bicyclic) bond motifs is 2. The summed E-state index contributed by atoms with van der Waals surface area (Å²) in [5.74, 6) is 1.00. The summed E-state index contributed by atoms with van der Waals surface area (Å²) in [6.45, 7) is 4.79. The summed E-state index contributed by atoms with van der Waals surface area (Å²) >= 11 is 0. The third-order valence-corrected chi connectivity index (χ3v) is 7.14. The molecule has 3 aromatic rings. The number of amides is 1. The molecule has 1 aromatic heterocycles. The van der Waals surface area contributed by atoms with Crippen LogP contribution in [0.1, 0.15) is 47.6 Å². The van der Waals surface area contributed by atoms with E-state index >= 15 is 0 Å². The second-order valence-electron chi connectivity index (χ2n) is 10.5. The molecule has 1 unspecified atom stereocenters. The van der Waals surface area contributed by atoms with E-state index in [0.717, 1.165) is 48.3 Å². The van der Waals surface area contributed by atoms with Crippen molar-refractivity contribution < 1.29 is 9.53 Å². The van der Waals surface area contributed by atoms with Crippen LogP contribution in [-0.4, -0.2) is 73.1 Å². The SMILES string of the molecule is C[C@H](CN(C)C)NC(=O)c1nc2c(c(N3CCN[C@@H](CC#N)C3)n1)CCC(c1cccc3ccccc13)O2. The minimum absolute atomic E-state index is 0.0460. The Labute approximate surface area is 223 Å². The van der Waals surface area contributed by atoms with Crippen LogP contribution in [0.25, 0.3) is 10.8 Å². The monoisotopic (exact) mass is 513 g/mol. The molecule has 2 aromatic carbocycles. The van der Waals surface area contributed by atoms with Gasteiger partial charge in [-0.3, -0.25) is 4.79 Å². The highest BCUT2D eigenvalue weighted by Crippen LogP contribution is 2.40. The van der Waals surface area contributed by atoms with Gasteiger partial charge in [0.25, 0.3) is 5.91 Å².